The van der Waals surface area contributed by atoms with Crippen LogP contribution in [0.25, 0.3) is 0 Å². The Kier molecular flexibility index (Phi) is 5.47. The number of nitro benzene ring substituents is 1. The van der Waals surface area contributed by atoms with Crippen LogP contribution in [-0.2, 0) is 6.54 Å². The number of nitrogens with zero attached hydrogens (tertiary/aromatic N) is 2. The van der Waals surface area contributed by atoms with Gasteiger partial charge in [0, 0.05) is 31.3 Å². The van der Waals surface area contributed by atoms with E-state index in [2.05, 4.69) is 23.7 Å². The number of nitrogens with one attached hydrogen (secondary N) is 1. The van der Waals surface area contributed by atoms with Gasteiger partial charge in [0.2, 0.25) is 0 Å². The third-order valence-corrected chi connectivity index (χ3v) is 3.80. The Labute approximate surface area is 125 Å². The molecule has 5 nitrogen and oxygen atoms in total. The highest BCUT2D eigenvalue weighted by Crippen LogP contribution is 2.15. The van der Waals surface area contributed by atoms with E-state index in [1.54, 1.807) is 12.1 Å². The molecule has 5 heteroatoms. The van der Waals surface area contributed by atoms with E-state index in [-0.39, 0.29) is 10.6 Å². The van der Waals surface area contributed by atoms with Gasteiger partial charge in [-0.3, -0.25) is 15.0 Å². The van der Waals surface area contributed by atoms with Crippen LogP contribution in [0, 0.1) is 10.1 Å². The van der Waals surface area contributed by atoms with Gasteiger partial charge in [-0.2, -0.15) is 0 Å². The maximum atomic E-state index is 10.8. The smallest absolute Gasteiger partial charge is 0.269 e. The molecule has 0 aliphatic carbocycles. The lowest BCUT2D eigenvalue weighted by Gasteiger charge is -2.32. The molecule has 0 radical (unpaired) electrons. The molecule has 1 aliphatic rings. The minimum absolute atomic E-state index is 0.158. The van der Waals surface area contributed by atoms with Crippen molar-refractivity contribution in [3.8, 4) is 0 Å². The molecule has 0 amide bonds. The quantitative estimate of drug-likeness (QED) is 0.497. The molecule has 1 N–H and O–H groups in total. The van der Waals surface area contributed by atoms with Crippen molar-refractivity contribution in [1.29, 1.82) is 0 Å². The van der Waals surface area contributed by atoms with Crippen LogP contribution in [0.2, 0.25) is 0 Å². The summed E-state index contributed by atoms with van der Waals surface area (Å²) < 4.78 is 0. The molecule has 21 heavy (non-hydrogen) atoms. The van der Waals surface area contributed by atoms with Crippen molar-refractivity contribution in [2.24, 2.45) is 0 Å². The van der Waals surface area contributed by atoms with Crippen LogP contribution in [0.5, 0.6) is 0 Å². The van der Waals surface area contributed by atoms with E-state index in [9.17, 15) is 10.1 Å². The second kappa shape index (κ2) is 7.33. The average molecular weight is 289 g/mol. The van der Waals surface area contributed by atoms with Gasteiger partial charge in [-0.25, -0.2) is 0 Å². The first-order valence-electron chi connectivity index (χ1n) is 7.38. The second-order valence-electron chi connectivity index (χ2n) is 5.82. The molecule has 114 valence electrons. The van der Waals surface area contributed by atoms with Crippen LogP contribution in [-0.4, -0.2) is 35.5 Å². The van der Waals surface area contributed by atoms with Crippen molar-refractivity contribution in [1.82, 2.24) is 10.2 Å². The summed E-state index contributed by atoms with van der Waals surface area (Å²) in [5.74, 6) is 0. The van der Waals surface area contributed by atoms with E-state index < -0.39 is 0 Å². The number of hydrogen-bond donors (Lipinski definition) is 1. The lowest BCUT2D eigenvalue weighted by Crippen LogP contribution is -2.42. The highest BCUT2D eigenvalue weighted by atomic mass is 16.6. The number of piperidine rings is 1. The predicted octanol–water partition coefficient (Wildman–Crippen LogP) is 2.72. The van der Waals surface area contributed by atoms with Gasteiger partial charge < -0.3 is 5.32 Å². The fourth-order valence-corrected chi connectivity index (χ4v) is 2.72. The maximum Gasteiger partial charge on any atom is 0.269 e. The maximum absolute atomic E-state index is 10.8. The lowest BCUT2D eigenvalue weighted by atomic mass is 10.0. The summed E-state index contributed by atoms with van der Waals surface area (Å²) in [6.07, 6.45) is 2.23. The first-order valence-corrected chi connectivity index (χ1v) is 7.38. The molecule has 2 rings (SSSR count). The molecule has 1 fully saturated rings. The summed E-state index contributed by atoms with van der Waals surface area (Å²) in [5, 5.41) is 14.3. The first kappa shape index (κ1) is 15.7. The number of nitro groups is 1. The Morgan fingerprint density at radius 1 is 1.48 bits per heavy atom. The highest BCUT2D eigenvalue weighted by molar-refractivity contribution is 5.34. The summed E-state index contributed by atoms with van der Waals surface area (Å²) in [5.41, 5.74) is 2.33. The molecule has 0 atom stereocenters. The summed E-state index contributed by atoms with van der Waals surface area (Å²) in [7, 11) is 0. The number of benzene rings is 1. The monoisotopic (exact) mass is 289 g/mol. The van der Waals surface area contributed by atoms with Crippen LogP contribution in [0.3, 0.4) is 0 Å². The Bertz CT molecular complexity index is 508. The normalized spacial score (nSPS) is 16.8. The topological polar surface area (TPSA) is 58.4 Å². The van der Waals surface area contributed by atoms with Gasteiger partial charge in [0.1, 0.15) is 0 Å². The Morgan fingerprint density at radius 3 is 2.81 bits per heavy atom. The van der Waals surface area contributed by atoms with Crippen LogP contribution in [0.1, 0.15) is 25.3 Å². The van der Waals surface area contributed by atoms with Crippen molar-refractivity contribution in [3.63, 3.8) is 0 Å². The third-order valence-electron chi connectivity index (χ3n) is 3.80. The zero-order chi connectivity index (χ0) is 15.2. The van der Waals surface area contributed by atoms with Crippen molar-refractivity contribution >= 4 is 5.69 Å². The zero-order valence-corrected chi connectivity index (χ0v) is 12.5. The average Bonchev–Trinajstić information content (AvgIpc) is 2.46. The Morgan fingerprint density at radius 2 is 2.19 bits per heavy atom. The predicted molar refractivity (Wildman–Crippen MR) is 84.2 cm³/mol. The standard InChI is InChI=1S/C16H23N3O2/c1-13(2)12-18-8-6-15(7-9-18)17-11-14-4-3-5-16(10-14)19(20)21/h3-5,10,15,17H,1,6-9,11-12H2,2H3. The van der Waals surface area contributed by atoms with Crippen LogP contribution in [0.4, 0.5) is 5.69 Å². The molecule has 1 aromatic carbocycles. The largest absolute Gasteiger partial charge is 0.310 e. The number of hydrogen-bond acceptors (Lipinski definition) is 4. The van der Waals surface area contributed by atoms with E-state index in [1.165, 1.54) is 11.6 Å². The molecule has 1 aromatic rings. The van der Waals surface area contributed by atoms with Gasteiger partial charge in [-0.05, 0) is 38.4 Å². The third kappa shape index (κ3) is 4.95. The van der Waals surface area contributed by atoms with E-state index in [1.807, 2.05) is 6.07 Å². The molecule has 1 saturated heterocycles. The highest BCUT2D eigenvalue weighted by Gasteiger charge is 2.18. The van der Waals surface area contributed by atoms with Crippen LogP contribution in [0.15, 0.2) is 36.4 Å². The van der Waals surface area contributed by atoms with Crippen molar-refractivity contribution < 1.29 is 4.92 Å². The number of non-ortho nitro benzene ring substituents is 1. The van der Waals surface area contributed by atoms with Crippen LogP contribution >= 0.6 is 0 Å². The Balaban J connectivity index is 1.78. The van der Waals surface area contributed by atoms with Crippen molar-refractivity contribution in [2.75, 3.05) is 19.6 Å². The molecule has 0 saturated carbocycles. The van der Waals surface area contributed by atoms with Crippen molar-refractivity contribution in [3.05, 3.63) is 52.1 Å². The fraction of sp³-hybridized carbons (Fsp3) is 0.500. The molecule has 0 aromatic heterocycles. The number of likely N-dealkylation sites (tertiary alicyclic amines) is 1. The molecule has 1 heterocycles. The van der Waals surface area contributed by atoms with E-state index in [4.69, 9.17) is 0 Å². The Hall–Kier alpha value is -1.72. The zero-order valence-electron chi connectivity index (χ0n) is 12.5. The molecule has 0 unspecified atom stereocenters. The molecule has 0 spiro atoms. The van der Waals surface area contributed by atoms with Gasteiger partial charge >= 0.3 is 0 Å². The van der Waals surface area contributed by atoms with Gasteiger partial charge in [-0.1, -0.05) is 24.3 Å². The summed E-state index contributed by atoms with van der Waals surface area (Å²) in [6.45, 7) is 9.85. The SMILES string of the molecule is C=C(C)CN1CCC(NCc2cccc([N+](=O)[O-])c2)CC1. The molecular weight excluding hydrogens is 266 g/mol. The van der Waals surface area contributed by atoms with Gasteiger partial charge in [0.25, 0.3) is 5.69 Å². The lowest BCUT2D eigenvalue weighted by molar-refractivity contribution is -0.384. The van der Waals surface area contributed by atoms with Gasteiger partial charge in [-0.15, -0.1) is 0 Å². The minimum atomic E-state index is -0.348. The van der Waals surface area contributed by atoms with E-state index >= 15 is 0 Å². The summed E-state index contributed by atoms with van der Waals surface area (Å²) in [6, 6.07) is 7.33. The van der Waals surface area contributed by atoms with Gasteiger partial charge in [0.05, 0.1) is 4.92 Å². The molecule has 1 aliphatic heterocycles. The van der Waals surface area contributed by atoms with Crippen molar-refractivity contribution in [2.45, 2.75) is 32.4 Å². The number of rotatable bonds is 6. The fourth-order valence-electron chi connectivity index (χ4n) is 2.72. The van der Waals surface area contributed by atoms with Crippen LogP contribution < -0.4 is 5.32 Å². The van der Waals surface area contributed by atoms with E-state index in [0.29, 0.717) is 12.6 Å². The summed E-state index contributed by atoms with van der Waals surface area (Å²) >= 11 is 0. The van der Waals surface area contributed by atoms with E-state index in [0.717, 1.165) is 38.0 Å². The second-order valence-corrected chi connectivity index (χ2v) is 5.82. The molecule has 0 bridgehead atoms. The van der Waals surface area contributed by atoms with Gasteiger partial charge in [0.15, 0.2) is 0 Å². The molecular formula is C16H23N3O2. The minimum Gasteiger partial charge on any atom is -0.310 e. The summed E-state index contributed by atoms with van der Waals surface area (Å²) in [4.78, 5) is 12.8. The first-order chi connectivity index (χ1) is 10.0.